The zero-order valence-electron chi connectivity index (χ0n) is 14.7. The summed E-state index contributed by atoms with van der Waals surface area (Å²) in [6.07, 6.45) is 0.668. The van der Waals surface area contributed by atoms with Crippen molar-refractivity contribution in [3.8, 4) is 0 Å². The van der Waals surface area contributed by atoms with E-state index in [0.29, 0.717) is 0 Å². The molecule has 0 spiro atoms. The van der Waals surface area contributed by atoms with Crippen LogP contribution in [0.25, 0.3) is 0 Å². The fourth-order valence-electron chi connectivity index (χ4n) is 2.34. The van der Waals surface area contributed by atoms with Crippen LogP contribution in [-0.4, -0.2) is 61.0 Å². The van der Waals surface area contributed by atoms with Crippen LogP contribution >= 0.6 is 0 Å². The summed E-state index contributed by atoms with van der Waals surface area (Å²) in [6, 6.07) is 0. The molecule has 1 heterocycles. The number of carbonyl (C=O) groups is 3. The Hall–Kier alpha value is -2.25. The lowest BCUT2D eigenvalue weighted by molar-refractivity contribution is -0.150. The third-order valence-corrected chi connectivity index (χ3v) is 3.52. The smallest absolute Gasteiger partial charge is 0.410 e. The van der Waals surface area contributed by atoms with Crippen molar-refractivity contribution in [1.82, 2.24) is 10.2 Å². The quantitative estimate of drug-likeness (QED) is 0.476. The molecule has 8 nitrogen and oxygen atoms in total. The van der Waals surface area contributed by atoms with E-state index in [1.165, 1.54) is 18.1 Å². The van der Waals surface area contributed by atoms with Gasteiger partial charge in [-0.3, -0.25) is 0 Å². The second-order valence-electron chi connectivity index (χ2n) is 6.55. The first-order valence-electron chi connectivity index (χ1n) is 7.76. The van der Waals surface area contributed by atoms with Crippen LogP contribution in [0.15, 0.2) is 12.7 Å². The molecule has 24 heavy (non-hydrogen) atoms. The number of esters is 1. The number of methoxy groups -OCH3 is 1. The average Bonchev–Trinajstić information content (AvgIpc) is 2.51. The second-order valence-corrected chi connectivity index (χ2v) is 6.55. The average molecular weight is 342 g/mol. The lowest BCUT2D eigenvalue weighted by Gasteiger charge is -2.39. The van der Waals surface area contributed by atoms with E-state index in [1.807, 2.05) is 0 Å². The highest BCUT2D eigenvalue weighted by molar-refractivity contribution is 5.86. The molecule has 2 amide bonds. The summed E-state index contributed by atoms with van der Waals surface area (Å²) in [7, 11) is 1.25. The molecule has 0 atom stereocenters. The van der Waals surface area contributed by atoms with Gasteiger partial charge in [0.25, 0.3) is 0 Å². The van der Waals surface area contributed by atoms with Crippen LogP contribution in [0.2, 0.25) is 0 Å². The van der Waals surface area contributed by atoms with E-state index in [-0.39, 0.29) is 32.5 Å². The molecule has 0 aliphatic carbocycles. The SMILES string of the molecule is C=CCOC(=O)NC1(C(=O)OC)CCN(C(=O)OC(C)(C)C)CC1. The Kier molecular flexibility index (Phi) is 6.62. The molecule has 1 saturated heterocycles. The first kappa shape index (κ1) is 19.8. The number of hydrogen-bond donors (Lipinski definition) is 1. The number of hydrogen-bond acceptors (Lipinski definition) is 6. The van der Waals surface area contributed by atoms with Gasteiger partial charge in [-0.2, -0.15) is 0 Å². The molecule has 1 N–H and O–H groups in total. The lowest BCUT2D eigenvalue weighted by atomic mass is 9.87. The predicted octanol–water partition coefficient (Wildman–Crippen LogP) is 1.84. The molecule has 1 fully saturated rings. The highest BCUT2D eigenvalue weighted by Gasteiger charge is 2.45. The number of nitrogens with one attached hydrogen (secondary N) is 1. The van der Waals surface area contributed by atoms with Crippen LogP contribution in [0.3, 0.4) is 0 Å². The van der Waals surface area contributed by atoms with Crippen molar-refractivity contribution in [1.29, 1.82) is 0 Å². The molecular weight excluding hydrogens is 316 g/mol. The highest BCUT2D eigenvalue weighted by Crippen LogP contribution is 2.25. The van der Waals surface area contributed by atoms with E-state index in [0.717, 1.165) is 0 Å². The minimum Gasteiger partial charge on any atom is -0.467 e. The van der Waals surface area contributed by atoms with Crippen molar-refractivity contribution < 1.29 is 28.6 Å². The summed E-state index contributed by atoms with van der Waals surface area (Å²) in [6.45, 7) is 9.35. The molecule has 136 valence electrons. The van der Waals surface area contributed by atoms with Crippen LogP contribution in [0.1, 0.15) is 33.6 Å². The Morgan fingerprint density at radius 3 is 2.29 bits per heavy atom. The summed E-state index contributed by atoms with van der Waals surface area (Å²) in [4.78, 5) is 37.6. The van der Waals surface area contributed by atoms with E-state index >= 15 is 0 Å². The van der Waals surface area contributed by atoms with Crippen LogP contribution in [0.5, 0.6) is 0 Å². The molecule has 0 aromatic carbocycles. The second kappa shape index (κ2) is 8.03. The molecule has 8 heteroatoms. The minimum absolute atomic E-state index is 0.0348. The predicted molar refractivity (Wildman–Crippen MR) is 86.5 cm³/mol. The van der Waals surface area contributed by atoms with Crippen molar-refractivity contribution in [3.63, 3.8) is 0 Å². The van der Waals surface area contributed by atoms with Gasteiger partial charge in [0.2, 0.25) is 0 Å². The van der Waals surface area contributed by atoms with Gasteiger partial charge in [0.05, 0.1) is 7.11 Å². The monoisotopic (exact) mass is 342 g/mol. The molecule has 0 unspecified atom stereocenters. The Bertz CT molecular complexity index is 489. The summed E-state index contributed by atoms with van der Waals surface area (Å²) in [5.41, 5.74) is -1.81. The van der Waals surface area contributed by atoms with Gasteiger partial charge in [0.1, 0.15) is 17.7 Å². The first-order chi connectivity index (χ1) is 11.1. The highest BCUT2D eigenvalue weighted by atomic mass is 16.6. The molecular formula is C16H26N2O6. The molecule has 0 aromatic heterocycles. The Morgan fingerprint density at radius 1 is 1.25 bits per heavy atom. The Morgan fingerprint density at radius 2 is 1.83 bits per heavy atom. The number of nitrogens with zero attached hydrogens (tertiary/aromatic N) is 1. The van der Waals surface area contributed by atoms with Gasteiger partial charge in [-0.05, 0) is 33.6 Å². The van der Waals surface area contributed by atoms with Crippen LogP contribution in [0, 0.1) is 0 Å². The van der Waals surface area contributed by atoms with Crippen molar-refractivity contribution in [3.05, 3.63) is 12.7 Å². The molecule has 0 bridgehead atoms. The number of alkyl carbamates (subject to hydrolysis) is 1. The molecule has 1 rings (SSSR count). The fraction of sp³-hybridized carbons (Fsp3) is 0.688. The maximum Gasteiger partial charge on any atom is 0.410 e. The van der Waals surface area contributed by atoms with E-state index in [4.69, 9.17) is 14.2 Å². The largest absolute Gasteiger partial charge is 0.467 e. The number of amides is 2. The van der Waals surface area contributed by atoms with Crippen molar-refractivity contribution in [2.75, 3.05) is 26.8 Å². The lowest BCUT2D eigenvalue weighted by Crippen LogP contribution is -2.61. The zero-order valence-corrected chi connectivity index (χ0v) is 14.7. The number of carbonyl (C=O) groups excluding carboxylic acids is 3. The Labute approximate surface area is 142 Å². The third-order valence-electron chi connectivity index (χ3n) is 3.52. The van der Waals surface area contributed by atoms with Crippen LogP contribution < -0.4 is 5.32 Å². The number of ether oxygens (including phenoxy) is 3. The summed E-state index contributed by atoms with van der Waals surface area (Å²) in [5.74, 6) is -0.568. The van der Waals surface area contributed by atoms with Gasteiger partial charge in [0.15, 0.2) is 0 Å². The number of rotatable bonds is 4. The van der Waals surface area contributed by atoms with Crippen molar-refractivity contribution in [2.45, 2.75) is 44.8 Å². The van der Waals surface area contributed by atoms with E-state index in [9.17, 15) is 14.4 Å². The first-order valence-corrected chi connectivity index (χ1v) is 7.76. The summed E-state index contributed by atoms with van der Waals surface area (Å²) >= 11 is 0. The van der Waals surface area contributed by atoms with Crippen LogP contribution in [-0.2, 0) is 19.0 Å². The molecule has 0 aromatic rings. The standard InChI is InChI=1S/C16H26N2O6/c1-6-11-23-13(20)17-16(12(19)22-5)7-9-18(10-8-16)14(21)24-15(2,3)4/h6H,1,7-11H2,2-5H3,(H,17,20). The van der Waals surface area contributed by atoms with Gasteiger partial charge in [-0.15, -0.1) is 0 Å². The molecule has 1 aliphatic heterocycles. The number of piperidine rings is 1. The number of likely N-dealkylation sites (tertiary alicyclic amines) is 1. The minimum atomic E-state index is -1.22. The van der Waals surface area contributed by atoms with Gasteiger partial charge >= 0.3 is 18.2 Å². The van der Waals surface area contributed by atoms with Gasteiger partial charge < -0.3 is 24.4 Å². The third kappa shape index (κ3) is 5.43. The van der Waals surface area contributed by atoms with Crippen molar-refractivity contribution in [2.24, 2.45) is 0 Å². The molecule has 1 aliphatic rings. The maximum atomic E-state index is 12.2. The summed E-state index contributed by atoms with van der Waals surface area (Å²) in [5, 5.41) is 2.56. The molecule has 0 radical (unpaired) electrons. The van der Waals surface area contributed by atoms with Gasteiger partial charge in [0, 0.05) is 13.1 Å². The van der Waals surface area contributed by atoms with Crippen molar-refractivity contribution >= 4 is 18.2 Å². The van der Waals surface area contributed by atoms with Crippen LogP contribution in [0.4, 0.5) is 9.59 Å². The normalized spacial score (nSPS) is 16.8. The Balaban J connectivity index is 2.74. The topological polar surface area (TPSA) is 94.2 Å². The fourth-order valence-corrected chi connectivity index (χ4v) is 2.34. The summed E-state index contributed by atoms with van der Waals surface area (Å²) < 4.78 is 15.0. The van der Waals surface area contributed by atoms with Gasteiger partial charge in [-0.1, -0.05) is 12.7 Å². The maximum absolute atomic E-state index is 12.2. The van der Waals surface area contributed by atoms with E-state index < -0.39 is 29.3 Å². The van der Waals surface area contributed by atoms with E-state index in [1.54, 1.807) is 20.8 Å². The zero-order chi connectivity index (χ0) is 18.4. The molecule has 0 saturated carbocycles. The van der Waals surface area contributed by atoms with E-state index in [2.05, 4.69) is 11.9 Å². The van der Waals surface area contributed by atoms with Gasteiger partial charge in [-0.25, -0.2) is 14.4 Å².